The summed E-state index contributed by atoms with van der Waals surface area (Å²) in [4.78, 5) is 0. The summed E-state index contributed by atoms with van der Waals surface area (Å²) in [5.74, 6) is 1.71. The van der Waals surface area contributed by atoms with Crippen LogP contribution in [-0.2, 0) is 4.43 Å². The van der Waals surface area contributed by atoms with Crippen molar-refractivity contribution in [3.05, 3.63) is 23.8 Å². The van der Waals surface area contributed by atoms with Crippen LogP contribution < -0.4 is 14.8 Å². The van der Waals surface area contributed by atoms with Crippen LogP contribution in [0.3, 0.4) is 0 Å². The smallest absolute Gasteiger partial charge is 0.192 e. The third kappa shape index (κ3) is 6.49. The number of aliphatic hydroxyl groups excluding tert-OH is 1. The van der Waals surface area contributed by atoms with Gasteiger partial charge in [-0.3, -0.25) is 0 Å². The molecule has 1 aromatic rings. The normalized spacial score (nSPS) is 14.9. The Morgan fingerprint density at radius 2 is 1.67 bits per heavy atom. The van der Waals surface area contributed by atoms with Gasteiger partial charge in [-0.1, -0.05) is 40.7 Å². The minimum absolute atomic E-state index is 0.00823. The number of hydrogen-bond acceptors (Lipinski definition) is 5. The molecule has 1 rings (SSSR count). The molecule has 0 unspecified atom stereocenters. The largest absolute Gasteiger partial charge is 0.493 e. The molecular weight excluding hydrogens is 358 g/mol. The van der Waals surface area contributed by atoms with Crippen molar-refractivity contribution in [1.29, 1.82) is 0 Å². The van der Waals surface area contributed by atoms with E-state index in [0.717, 1.165) is 5.56 Å². The van der Waals surface area contributed by atoms with Crippen molar-refractivity contribution in [2.75, 3.05) is 27.4 Å². The van der Waals surface area contributed by atoms with Crippen LogP contribution >= 0.6 is 0 Å². The molecule has 0 fully saturated rings. The highest BCUT2D eigenvalue weighted by atomic mass is 28.4. The topological polar surface area (TPSA) is 60.0 Å². The number of aliphatic hydroxyl groups is 1. The van der Waals surface area contributed by atoms with Gasteiger partial charge in [0.25, 0.3) is 0 Å². The Balaban J connectivity index is 3.14. The summed E-state index contributed by atoms with van der Waals surface area (Å²) in [7, 11) is 1.39. The molecule has 2 N–H and O–H groups in total. The minimum Gasteiger partial charge on any atom is -0.493 e. The Kier molecular flexibility index (Phi) is 8.80. The van der Waals surface area contributed by atoms with Crippen LogP contribution in [0.2, 0.25) is 18.1 Å². The zero-order valence-corrected chi connectivity index (χ0v) is 19.6. The Labute approximate surface area is 166 Å². The molecule has 0 aliphatic rings. The number of hydrogen-bond donors (Lipinski definition) is 2. The zero-order valence-electron chi connectivity index (χ0n) is 18.6. The molecule has 27 heavy (non-hydrogen) atoms. The van der Waals surface area contributed by atoms with E-state index in [1.807, 2.05) is 18.2 Å². The molecule has 0 radical (unpaired) electrons. The summed E-state index contributed by atoms with van der Waals surface area (Å²) in [6, 6.07) is 5.88. The van der Waals surface area contributed by atoms with E-state index < -0.39 is 8.32 Å². The lowest BCUT2D eigenvalue weighted by Gasteiger charge is -2.38. The van der Waals surface area contributed by atoms with E-state index in [2.05, 4.69) is 53.0 Å². The van der Waals surface area contributed by atoms with Gasteiger partial charge in [-0.2, -0.15) is 0 Å². The second-order valence-corrected chi connectivity index (χ2v) is 13.7. The molecule has 0 aromatic heterocycles. The summed E-state index contributed by atoms with van der Waals surface area (Å²) < 4.78 is 17.3. The van der Waals surface area contributed by atoms with Crippen LogP contribution in [0.5, 0.6) is 11.5 Å². The molecular formula is C21H39NO4Si. The molecule has 0 spiro atoms. The number of methoxy groups -OCH3 is 2. The molecule has 0 aliphatic heterocycles. The van der Waals surface area contributed by atoms with Crippen LogP contribution in [-0.4, -0.2) is 46.9 Å². The first-order valence-electron chi connectivity index (χ1n) is 9.69. The van der Waals surface area contributed by atoms with E-state index in [9.17, 15) is 5.11 Å². The second kappa shape index (κ2) is 9.91. The Morgan fingerprint density at radius 1 is 1.07 bits per heavy atom. The minimum atomic E-state index is -1.89. The fourth-order valence-electron chi connectivity index (χ4n) is 2.53. The summed E-state index contributed by atoms with van der Waals surface area (Å²) >= 11 is 0. The van der Waals surface area contributed by atoms with Crippen molar-refractivity contribution >= 4 is 8.32 Å². The van der Waals surface area contributed by atoms with Crippen LogP contribution in [0.15, 0.2) is 18.2 Å². The quantitative estimate of drug-likeness (QED) is 0.574. The van der Waals surface area contributed by atoms with E-state index in [1.165, 1.54) is 0 Å². The second-order valence-electron chi connectivity index (χ2n) is 8.94. The first kappa shape index (κ1) is 24.0. The van der Waals surface area contributed by atoms with Gasteiger partial charge in [0.1, 0.15) is 0 Å². The molecule has 0 amide bonds. The SMILES string of the molecule is COc1ccc([C@H](CO[Si](C)(C)C(C)(C)C)N[C@H](CO)C(C)C)cc1OC. The summed E-state index contributed by atoms with van der Waals surface area (Å²) in [5.41, 5.74) is 1.06. The molecule has 1 aromatic carbocycles. The maximum atomic E-state index is 9.79. The van der Waals surface area contributed by atoms with Gasteiger partial charge in [-0.15, -0.1) is 0 Å². The average molecular weight is 398 g/mol. The number of nitrogens with one attached hydrogen (secondary N) is 1. The standard InChI is InChI=1S/C21H39NO4Si/c1-15(2)17(13-23)22-18(14-26-27(8,9)21(3,4)5)16-10-11-19(24-6)20(12-16)25-7/h10-12,15,17-18,22-23H,13-14H2,1-9H3/t17-,18+/m1/s1. The van der Waals surface area contributed by atoms with Crippen molar-refractivity contribution in [2.24, 2.45) is 5.92 Å². The number of rotatable bonds is 10. The van der Waals surface area contributed by atoms with Crippen LogP contribution in [0.25, 0.3) is 0 Å². The average Bonchev–Trinajstić information content (AvgIpc) is 2.60. The van der Waals surface area contributed by atoms with Crippen molar-refractivity contribution < 1.29 is 19.0 Å². The Hall–Kier alpha value is -1.08. The molecule has 6 heteroatoms. The molecule has 2 atom stereocenters. The van der Waals surface area contributed by atoms with Gasteiger partial charge >= 0.3 is 0 Å². The monoisotopic (exact) mass is 397 g/mol. The van der Waals surface area contributed by atoms with Crippen LogP contribution in [0.1, 0.15) is 46.2 Å². The number of ether oxygens (including phenoxy) is 2. The maximum absolute atomic E-state index is 9.79. The van der Waals surface area contributed by atoms with Gasteiger partial charge in [0.2, 0.25) is 0 Å². The zero-order chi connectivity index (χ0) is 20.8. The highest BCUT2D eigenvalue weighted by molar-refractivity contribution is 6.74. The van der Waals surface area contributed by atoms with E-state index in [1.54, 1.807) is 14.2 Å². The fraction of sp³-hybridized carbons (Fsp3) is 0.714. The summed E-state index contributed by atoms with van der Waals surface area (Å²) in [6.45, 7) is 16.1. The Bertz CT molecular complexity index is 584. The van der Waals surface area contributed by atoms with Crippen molar-refractivity contribution in [3.8, 4) is 11.5 Å². The molecule has 0 aliphatic carbocycles. The highest BCUT2D eigenvalue weighted by Gasteiger charge is 2.38. The van der Waals surface area contributed by atoms with E-state index >= 15 is 0 Å². The van der Waals surface area contributed by atoms with Crippen molar-refractivity contribution in [2.45, 2.75) is 64.8 Å². The third-order valence-corrected chi connectivity index (χ3v) is 10.1. The van der Waals surface area contributed by atoms with Crippen molar-refractivity contribution in [3.63, 3.8) is 0 Å². The van der Waals surface area contributed by atoms with Gasteiger partial charge in [0.05, 0.1) is 33.5 Å². The van der Waals surface area contributed by atoms with Gasteiger partial charge < -0.3 is 24.3 Å². The summed E-state index contributed by atoms with van der Waals surface area (Å²) in [5, 5.41) is 13.5. The lowest BCUT2D eigenvalue weighted by Crippen LogP contribution is -2.46. The third-order valence-electron chi connectivity index (χ3n) is 5.64. The van der Waals surface area contributed by atoms with Crippen molar-refractivity contribution in [1.82, 2.24) is 5.32 Å². The first-order valence-corrected chi connectivity index (χ1v) is 12.6. The molecule has 5 nitrogen and oxygen atoms in total. The van der Waals surface area contributed by atoms with Crippen LogP contribution in [0.4, 0.5) is 0 Å². The van der Waals surface area contributed by atoms with Gasteiger partial charge in [0, 0.05) is 6.04 Å². The van der Waals surface area contributed by atoms with Gasteiger partial charge in [0.15, 0.2) is 19.8 Å². The number of benzene rings is 1. The first-order chi connectivity index (χ1) is 12.5. The maximum Gasteiger partial charge on any atom is 0.192 e. The molecule has 0 saturated heterocycles. The Morgan fingerprint density at radius 3 is 2.11 bits per heavy atom. The van der Waals surface area contributed by atoms with E-state index in [4.69, 9.17) is 13.9 Å². The predicted molar refractivity (Wildman–Crippen MR) is 114 cm³/mol. The fourth-order valence-corrected chi connectivity index (χ4v) is 3.55. The molecule has 0 bridgehead atoms. The van der Waals surface area contributed by atoms with E-state index in [-0.39, 0.29) is 23.7 Å². The lowest BCUT2D eigenvalue weighted by molar-refractivity contribution is 0.172. The molecule has 156 valence electrons. The highest BCUT2D eigenvalue weighted by Crippen LogP contribution is 2.37. The molecule has 0 heterocycles. The van der Waals surface area contributed by atoms with Gasteiger partial charge in [-0.25, -0.2) is 0 Å². The molecule has 0 saturated carbocycles. The lowest BCUT2D eigenvalue weighted by atomic mass is 10.0. The van der Waals surface area contributed by atoms with E-state index in [0.29, 0.717) is 24.0 Å². The van der Waals surface area contributed by atoms with Gasteiger partial charge in [-0.05, 0) is 41.7 Å². The predicted octanol–water partition coefficient (Wildman–Crippen LogP) is 4.37. The summed E-state index contributed by atoms with van der Waals surface area (Å²) in [6.07, 6.45) is 0. The van der Waals surface area contributed by atoms with Crippen LogP contribution in [0, 0.1) is 5.92 Å².